The summed E-state index contributed by atoms with van der Waals surface area (Å²) < 4.78 is 5.58. The lowest BCUT2D eigenvalue weighted by Crippen LogP contribution is -2.48. The molecule has 1 saturated heterocycles. The van der Waals surface area contributed by atoms with Crippen LogP contribution in [-0.2, 0) is 14.4 Å². The normalized spacial score (nSPS) is 20.1. The standard InChI is InChI=1S/C27H26ClN3O4/c1-35-23-11-18(20-5-2-16(14-29)15-30-20)10-19(28)24(23)25-21(32)12-27(13-22(25)33)6-8-31(9-7-27)26(34)17-3-4-17/h2,5,10-11,15,17,25H,3-4,6-9,12-13H2,1H3. The number of piperidine rings is 1. The Kier molecular flexibility index (Phi) is 6.10. The third kappa shape index (κ3) is 4.43. The van der Waals surface area contributed by atoms with Crippen molar-refractivity contribution in [3.05, 3.63) is 46.6 Å². The van der Waals surface area contributed by atoms with Gasteiger partial charge in [-0.3, -0.25) is 19.4 Å². The van der Waals surface area contributed by atoms with Crippen LogP contribution in [0.25, 0.3) is 11.3 Å². The number of ether oxygens (including phenoxy) is 1. The average molecular weight is 492 g/mol. The second-order valence-electron chi connectivity index (χ2n) is 9.94. The van der Waals surface area contributed by atoms with Crippen LogP contribution in [0, 0.1) is 22.7 Å². The molecule has 2 aromatic rings. The number of halogens is 1. The summed E-state index contributed by atoms with van der Waals surface area (Å²) in [6.07, 6.45) is 5.36. The zero-order valence-corrected chi connectivity index (χ0v) is 20.3. The molecule has 1 aliphatic heterocycles. The number of ketones is 2. The molecule has 2 heterocycles. The van der Waals surface area contributed by atoms with Gasteiger partial charge in [0.2, 0.25) is 5.91 Å². The minimum absolute atomic E-state index is 0.146. The highest BCUT2D eigenvalue weighted by molar-refractivity contribution is 6.33. The van der Waals surface area contributed by atoms with E-state index in [0.29, 0.717) is 66.9 Å². The van der Waals surface area contributed by atoms with Crippen LogP contribution in [-0.4, -0.2) is 47.6 Å². The molecule has 1 aromatic heterocycles. The topological polar surface area (TPSA) is 100 Å². The van der Waals surface area contributed by atoms with Crippen molar-refractivity contribution in [3.8, 4) is 23.1 Å². The van der Waals surface area contributed by atoms with Gasteiger partial charge in [0.15, 0.2) is 0 Å². The molecule has 7 nitrogen and oxygen atoms in total. The Balaban J connectivity index is 1.37. The number of carbonyl (C=O) groups is 3. The second kappa shape index (κ2) is 9.09. The average Bonchev–Trinajstić information content (AvgIpc) is 3.70. The summed E-state index contributed by atoms with van der Waals surface area (Å²) in [5.41, 5.74) is 1.73. The number of nitrogens with zero attached hydrogens (tertiary/aromatic N) is 3. The van der Waals surface area contributed by atoms with Gasteiger partial charge in [-0.15, -0.1) is 0 Å². The molecular formula is C27H26ClN3O4. The van der Waals surface area contributed by atoms with E-state index in [4.69, 9.17) is 21.6 Å². The van der Waals surface area contributed by atoms with Gasteiger partial charge in [-0.05, 0) is 55.4 Å². The number of aromatic nitrogens is 1. The van der Waals surface area contributed by atoms with E-state index in [1.54, 1.807) is 24.3 Å². The summed E-state index contributed by atoms with van der Waals surface area (Å²) in [7, 11) is 1.48. The quantitative estimate of drug-likeness (QED) is 0.590. The van der Waals surface area contributed by atoms with Gasteiger partial charge < -0.3 is 9.64 Å². The van der Waals surface area contributed by atoms with E-state index < -0.39 is 5.92 Å². The van der Waals surface area contributed by atoms with Crippen molar-refractivity contribution in [2.75, 3.05) is 20.2 Å². The van der Waals surface area contributed by atoms with Gasteiger partial charge in [0.05, 0.1) is 18.4 Å². The van der Waals surface area contributed by atoms with Crippen molar-refractivity contribution in [1.82, 2.24) is 9.88 Å². The van der Waals surface area contributed by atoms with Gasteiger partial charge in [-0.2, -0.15) is 5.26 Å². The SMILES string of the molecule is COc1cc(-c2ccc(C#N)cn2)cc(Cl)c1C1C(=O)CC2(CCN(C(=O)C3CC3)CC2)CC1=O. The summed E-state index contributed by atoms with van der Waals surface area (Å²) in [6, 6.07) is 8.81. The second-order valence-corrected chi connectivity index (χ2v) is 10.3. The van der Waals surface area contributed by atoms with Crippen LogP contribution < -0.4 is 4.74 Å². The van der Waals surface area contributed by atoms with Crippen molar-refractivity contribution in [2.24, 2.45) is 11.3 Å². The molecule has 1 spiro atoms. The third-order valence-corrected chi connectivity index (χ3v) is 7.91. The maximum atomic E-state index is 13.4. The predicted octanol–water partition coefficient (Wildman–Crippen LogP) is 4.32. The van der Waals surface area contributed by atoms with Gasteiger partial charge in [-0.1, -0.05) is 11.6 Å². The first-order valence-electron chi connectivity index (χ1n) is 11.9. The summed E-state index contributed by atoms with van der Waals surface area (Å²) >= 11 is 6.64. The lowest BCUT2D eigenvalue weighted by molar-refractivity contribution is -0.140. The number of benzene rings is 1. The molecule has 2 saturated carbocycles. The van der Waals surface area contributed by atoms with Crippen molar-refractivity contribution in [1.29, 1.82) is 5.26 Å². The highest BCUT2D eigenvalue weighted by Crippen LogP contribution is 2.49. The molecule has 3 aliphatic rings. The van der Waals surface area contributed by atoms with Gasteiger partial charge in [0, 0.05) is 54.2 Å². The molecule has 0 bridgehead atoms. The van der Waals surface area contributed by atoms with E-state index in [1.807, 2.05) is 11.0 Å². The van der Waals surface area contributed by atoms with Crippen LogP contribution in [0.2, 0.25) is 5.02 Å². The molecule has 35 heavy (non-hydrogen) atoms. The molecule has 180 valence electrons. The molecule has 3 fully saturated rings. The highest BCUT2D eigenvalue weighted by Gasteiger charge is 2.49. The van der Waals surface area contributed by atoms with E-state index in [0.717, 1.165) is 12.8 Å². The number of Topliss-reactive ketones (excluding diaryl/α,β-unsaturated/α-hetero) is 2. The number of hydrogen-bond donors (Lipinski definition) is 0. The van der Waals surface area contributed by atoms with Crippen molar-refractivity contribution in [2.45, 2.75) is 44.4 Å². The summed E-state index contributed by atoms with van der Waals surface area (Å²) in [4.78, 5) is 45.4. The molecule has 0 radical (unpaired) electrons. The Morgan fingerprint density at radius 2 is 1.86 bits per heavy atom. The zero-order chi connectivity index (χ0) is 24.7. The van der Waals surface area contributed by atoms with E-state index >= 15 is 0 Å². The van der Waals surface area contributed by atoms with Crippen molar-refractivity contribution < 1.29 is 19.1 Å². The number of hydrogen-bond acceptors (Lipinski definition) is 6. The Labute approximate surface area is 209 Å². The zero-order valence-electron chi connectivity index (χ0n) is 19.6. The number of likely N-dealkylation sites (tertiary alicyclic amines) is 1. The fraction of sp³-hybridized carbons (Fsp3) is 0.444. The number of rotatable bonds is 4. The van der Waals surface area contributed by atoms with Gasteiger partial charge >= 0.3 is 0 Å². The predicted molar refractivity (Wildman–Crippen MR) is 129 cm³/mol. The van der Waals surface area contributed by atoms with E-state index in [2.05, 4.69) is 4.98 Å². The molecule has 8 heteroatoms. The van der Waals surface area contributed by atoms with Crippen LogP contribution in [0.1, 0.15) is 55.6 Å². The molecular weight excluding hydrogens is 466 g/mol. The summed E-state index contributed by atoms with van der Waals surface area (Å²) in [6.45, 7) is 1.22. The molecule has 2 aliphatic carbocycles. The number of carbonyl (C=O) groups excluding carboxylic acids is 3. The molecule has 5 rings (SSSR count). The Bertz CT molecular complexity index is 1220. The Morgan fingerprint density at radius 1 is 1.17 bits per heavy atom. The number of nitriles is 1. The summed E-state index contributed by atoms with van der Waals surface area (Å²) in [5, 5.41) is 9.27. The van der Waals surface area contributed by atoms with Crippen molar-refractivity contribution >= 4 is 29.1 Å². The first-order chi connectivity index (χ1) is 16.8. The molecule has 0 unspecified atom stereocenters. The van der Waals surface area contributed by atoms with Gasteiger partial charge in [0.1, 0.15) is 29.3 Å². The van der Waals surface area contributed by atoms with Gasteiger partial charge in [-0.25, -0.2) is 0 Å². The third-order valence-electron chi connectivity index (χ3n) is 7.59. The molecule has 1 aromatic carbocycles. The Hall–Kier alpha value is -3.24. The van der Waals surface area contributed by atoms with E-state index in [-0.39, 0.29) is 33.8 Å². The van der Waals surface area contributed by atoms with E-state index in [1.165, 1.54) is 13.3 Å². The van der Waals surface area contributed by atoms with Crippen LogP contribution in [0.5, 0.6) is 5.75 Å². The fourth-order valence-electron chi connectivity index (χ4n) is 5.47. The fourth-order valence-corrected chi connectivity index (χ4v) is 5.79. The highest BCUT2D eigenvalue weighted by atomic mass is 35.5. The largest absolute Gasteiger partial charge is 0.496 e. The maximum Gasteiger partial charge on any atom is 0.225 e. The van der Waals surface area contributed by atoms with Crippen molar-refractivity contribution in [3.63, 3.8) is 0 Å². The van der Waals surface area contributed by atoms with Crippen LogP contribution in [0.3, 0.4) is 0 Å². The number of methoxy groups -OCH3 is 1. The summed E-state index contributed by atoms with van der Waals surface area (Å²) in [5.74, 6) is -0.483. The van der Waals surface area contributed by atoms with Gasteiger partial charge in [0.25, 0.3) is 0 Å². The smallest absolute Gasteiger partial charge is 0.225 e. The lowest BCUT2D eigenvalue weighted by Gasteiger charge is -2.44. The minimum Gasteiger partial charge on any atom is -0.496 e. The van der Waals surface area contributed by atoms with Crippen LogP contribution in [0.4, 0.5) is 0 Å². The molecule has 0 N–H and O–H groups in total. The maximum absolute atomic E-state index is 13.4. The first kappa shape index (κ1) is 23.5. The number of amides is 1. The Morgan fingerprint density at radius 3 is 2.40 bits per heavy atom. The first-order valence-corrected chi connectivity index (χ1v) is 12.3. The minimum atomic E-state index is -0.961. The molecule has 1 amide bonds. The van der Waals surface area contributed by atoms with Crippen LogP contribution >= 0.6 is 11.6 Å². The number of pyridine rings is 1. The lowest BCUT2D eigenvalue weighted by atomic mass is 9.63. The monoisotopic (exact) mass is 491 g/mol. The molecule has 0 atom stereocenters. The van der Waals surface area contributed by atoms with Crippen LogP contribution in [0.15, 0.2) is 30.5 Å². The van der Waals surface area contributed by atoms with E-state index in [9.17, 15) is 14.4 Å².